The second-order valence-corrected chi connectivity index (χ2v) is 9.47. The average molecular weight is 518 g/mol. The van der Waals surface area contributed by atoms with Gasteiger partial charge >= 0.3 is 6.18 Å². The number of alkyl halides is 3. The van der Waals surface area contributed by atoms with Crippen molar-refractivity contribution in [3.63, 3.8) is 0 Å². The first-order chi connectivity index (χ1) is 18.1. The standard InChI is InChI=1S/C29H26F3N5O/c1-18(2)20-6-8-22(9-7-20)25-16-26(29(30,31)32)37-27(35-25)24(17-33-37)28(38)34-19(3)21-10-12-23(13-11-21)36-14-4-5-15-36/h4-19H,1-3H3,(H,34,38). The monoisotopic (exact) mass is 517 g/mol. The van der Waals surface area contributed by atoms with E-state index in [9.17, 15) is 18.0 Å². The first-order valence-corrected chi connectivity index (χ1v) is 12.2. The number of hydrogen-bond acceptors (Lipinski definition) is 3. The third kappa shape index (κ3) is 4.91. The van der Waals surface area contributed by atoms with Gasteiger partial charge in [0.2, 0.25) is 0 Å². The van der Waals surface area contributed by atoms with Crippen LogP contribution in [0.4, 0.5) is 13.2 Å². The summed E-state index contributed by atoms with van der Waals surface area (Å²) in [7, 11) is 0. The van der Waals surface area contributed by atoms with Gasteiger partial charge < -0.3 is 9.88 Å². The van der Waals surface area contributed by atoms with Crippen molar-refractivity contribution < 1.29 is 18.0 Å². The number of fused-ring (bicyclic) bond motifs is 1. The summed E-state index contributed by atoms with van der Waals surface area (Å²) in [5.41, 5.74) is 2.32. The highest BCUT2D eigenvalue weighted by molar-refractivity contribution is 6.00. The fraction of sp³-hybridized carbons (Fsp3) is 0.207. The molecule has 1 unspecified atom stereocenters. The highest BCUT2D eigenvalue weighted by Gasteiger charge is 2.36. The molecule has 0 saturated carbocycles. The average Bonchev–Trinajstić information content (AvgIpc) is 3.58. The van der Waals surface area contributed by atoms with Crippen molar-refractivity contribution in [3.05, 3.63) is 108 Å². The topological polar surface area (TPSA) is 64.2 Å². The summed E-state index contributed by atoms with van der Waals surface area (Å²) in [5.74, 6) is -0.280. The Morgan fingerprint density at radius 2 is 1.55 bits per heavy atom. The second-order valence-electron chi connectivity index (χ2n) is 9.47. The van der Waals surface area contributed by atoms with Gasteiger partial charge in [0.25, 0.3) is 5.91 Å². The number of rotatable bonds is 6. The number of carbonyl (C=O) groups excluding carboxylic acids is 1. The molecule has 1 atom stereocenters. The summed E-state index contributed by atoms with van der Waals surface area (Å²) in [6, 6.07) is 19.3. The van der Waals surface area contributed by atoms with Crippen LogP contribution in [-0.4, -0.2) is 25.1 Å². The molecule has 3 aromatic heterocycles. The van der Waals surface area contributed by atoms with E-state index in [2.05, 4.69) is 15.4 Å². The molecule has 0 aliphatic rings. The molecule has 1 N–H and O–H groups in total. The predicted octanol–water partition coefficient (Wildman–Crippen LogP) is 6.82. The van der Waals surface area contributed by atoms with Crippen molar-refractivity contribution in [3.8, 4) is 16.9 Å². The van der Waals surface area contributed by atoms with E-state index >= 15 is 0 Å². The lowest BCUT2D eigenvalue weighted by atomic mass is 10.0. The predicted molar refractivity (Wildman–Crippen MR) is 139 cm³/mol. The van der Waals surface area contributed by atoms with Crippen molar-refractivity contribution in [2.24, 2.45) is 0 Å². The SMILES string of the molecule is CC(C)c1ccc(-c2cc(C(F)(F)F)n3ncc(C(=O)NC(C)c4ccc(-n5cccc5)cc4)c3n2)cc1. The molecule has 0 aliphatic heterocycles. The number of aromatic nitrogens is 4. The number of nitrogens with zero attached hydrogens (tertiary/aromatic N) is 4. The van der Waals surface area contributed by atoms with E-state index in [4.69, 9.17) is 0 Å². The van der Waals surface area contributed by atoms with Crippen LogP contribution in [0, 0.1) is 0 Å². The lowest BCUT2D eigenvalue weighted by Crippen LogP contribution is -2.26. The van der Waals surface area contributed by atoms with Crippen LogP contribution in [-0.2, 0) is 6.18 Å². The Kier molecular flexibility index (Phi) is 6.52. The molecule has 2 aromatic carbocycles. The van der Waals surface area contributed by atoms with Crippen molar-refractivity contribution in [1.82, 2.24) is 24.5 Å². The number of carbonyl (C=O) groups is 1. The summed E-state index contributed by atoms with van der Waals surface area (Å²) >= 11 is 0. The number of nitrogens with one attached hydrogen (secondary N) is 1. The fourth-order valence-corrected chi connectivity index (χ4v) is 4.31. The third-order valence-electron chi connectivity index (χ3n) is 6.52. The van der Waals surface area contributed by atoms with Crippen LogP contribution in [0.15, 0.2) is 85.3 Å². The van der Waals surface area contributed by atoms with Crippen LogP contribution in [0.2, 0.25) is 0 Å². The molecule has 0 aliphatic carbocycles. The number of hydrogen-bond donors (Lipinski definition) is 1. The zero-order chi connectivity index (χ0) is 27.0. The molecule has 1 amide bonds. The van der Waals surface area contributed by atoms with Crippen molar-refractivity contribution in [2.45, 2.75) is 38.9 Å². The van der Waals surface area contributed by atoms with Crippen LogP contribution in [0.1, 0.15) is 59.9 Å². The van der Waals surface area contributed by atoms with Crippen LogP contribution in [0.25, 0.3) is 22.6 Å². The lowest BCUT2D eigenvalue weighted by Gasteiger charge is -2.15. The summed E-state index contributed by atoms with van der Waals surface area (Å²) in [6.07, 6.45) is 0.295. The Morgan fingerprint density at radius 1 is 0.921 bits per heavy atom. The molecule has 9 heteroatoms. The minimum atomic E-state index is -4.69. The second kappa shape index (κ2) is 9.81. The molecule has 0 radical (unpaired) electrons. The van der Waals surface area contributed by atoms with Crippen molar-refractivity contribution in [1.29, 1.82) is 0 Å². The van der Waals surface area contributed by atoms with Crippen LogP contribution in [0.5, 0.6) is 0 Å². The Bertz CT molecular complexity index is 1570. The quantitative estimate of drug-likeness (QED) is 0.269. The van der Waals surface area contributed by atoms with Gasteiger partial charge in [-0.1, -0.05) is 50.2 Å². The Labute approximate surface area is 217 Å². The highest BCUT2D eigenvalue weighted by Crippen LogP contribution is 2.33. The van der Waals surface area contributed by atoms with Gasteiger partial charge in [0, 0.05) is 23.6 Å². The Hall–Kier alpha value is -4.40. The normalized spacial score (nSPS) is 12.7. The largest absolute Gasteiger partial charge is 0.433 e. The number of amides is 1. The van der Waals surface area contributed by atoms with Crippen LogP contribution >= 0.6 is 0 Å². The smallest absolute Gasteiger partial charge is 0.345 e. The summed E-state index contributed by atoms with van der Waals surface area (Å²) < 4.78 is 44.5. The molecule has 0 fully saturated rings. The zero-order valence-electron chi connectivity index (χ0n) is 21.1. The Balaban J connectivity index is 1.47. The molecule has 0 spiro atoms. The molecule has 194 valence electrons. The van der Waals surface area contributed by atoms with Gasteiger partial charge in [-0.15, -0.1) is 0 Å². The molecule has 0 bridgehead atoms. The molecule has 3 heterocycles. The van der Waals surface area contributed by atoms with Gasteiger partial charge in [0.15, 0.2) is 11.3 Å². The van der Waals surface area contributed by atoms with E-state index in [1.165, 1.54) is 0 Å². The lowest BCUT2D eigenvalue weighted by molar-refractivity contribution is -0.142. The van der Waals surface area contributed by atoms with Crippen molar-refractivity contribution in [2.75, 3.05) is 0 Å². The maximum Gasteiger partial charge on any atom is 0.433 e. The molecule has 5 rings (SSSR count). The van der Waals surface area contributed by atoms with Crippen molar-refractivity contribution >= 4 is 11.6 Å². The maximum atomic E-state index is 14.0. The molecular formula is C29H26F3N5O. The number of halogens is 3. The van der Waals surface area contributed by atoms with Gasteiger partial charge in [-0.3, -0.25) is 4.79 Å². The van der Waals surface area contributed by atoms with Gasteiger partial charge in [0.05, 0.1) is 17.9 Å². The molecule has 6 nitrogen and oxygen atoms in total. The van der Waals surface area contributed by atoms with Gasteiger partial charge in [-0.25, -0.2) is 9.50 Å². The van der Waals surface area contributed by atoms with E-state index in [0.717, 1.165) is 29.1 Å². The van der Waals surface area contributed by atoms with E-state index < -0.39 is 23.8 Å². The molecule has 5 aromatic rings. The van der Waals surface area contributed by atoms with Gasteiger partial charge in [-0.05, 0) is 54.3 Å². The minimum absolute atomic E-state index is 0.0352. The molecule has 0 saturated heterocycles. The summed E-state index contributed by atoms with van der Waals surface area (Å²) in [6.45, 7) is 5.89. The van der Waals surface area contributed by atoms with E-state index in [0.29, 0.717) is 10.1 Å². The first-order valence-electron chi connectivity index (χ1n) is 12.2. The maximum absolute atomic E-state index is 14.0. The zero-order valence-corrected chi connectivity index (χ0v) is 21.1. The van der Waals surface area contributed by atoms with E-state index in [-0.39, 0.29) is 22.8 Å². The summed E-state index contributed by atoms with van der Waals surface area (Å²) in [5, 5.41) is 6.73. The first kappa shape index (κ1) is 25.3. The van der Waals surface area contributed by atoms with Gasteiger partial charge in [-0.2, -0.15) is 18.3 Å². The van der Waals surface area contributed by atoms with E-state index in [1.807, 2.05) is 86.3 Å². The molecular weight excluding hydrogens is 491 g/mol. The Morgan fingerprint density at radius 3 is 2.16 bits per heavy atom. The fourth-order valence-electron chi connectivity index (χ4n) is 4.31. The highest BCUT2D eigenvalue weighted by atomic mass is 19.4. The third-order valence-corrected chi connectivity index (χ3v) is 6.52. The van der Waals surface area contributed by atoms with E-state index in [1.54, 1.807) is 12.1 Å². The molecule has 38 heavy (non-hydrogen) atoms. The minimum Gasteiger partial charge on any atom is -0.345 e. The van der Waals surface area contributed by atoms with Crippen LogP contribution in [0.3, 0.4) is 0 Å². The number of benzene rings is 2. The van der Waals surface area contributed by atoms with Crippen LogP contribution < -0.4 is 5.32 Å². The summed E-state index contributed by atoms with van der Waals surface area (Å²) in [4.78, 5) is 17.6. The van der Waals surface area contributed by atoms with Gasteiger partial charge in [0.1, 0.15) is 5.56 Å².